The summed E-state index contributed by atoms with van der Waals surface area (Å²) in [5.41, 5.74) is 7.73. The molecule has 1 atom stereocenters. The summed E-state index contributed by atoms with van der Waals surface area (Å²) >= 11 is 0. The highest BCUT2D eigenvalue weighted by molar-refractivity contribution is 5.68. The Hall–Kier alpha value is -2.31. The molecule has 0 bridgehead atoms. The second-order valence-corrected chi connectivity index (χ2v) is 5.60. The van der Waals surface area contributed by atoms with E-state index >= 15 is 0 Å². The summed E-state index contributed by atoms with van der Waals surface area (Å²) in [7, 11) is 0. The zero-order valence-electron chi connectivity index (χ0n) is 12.7. The van der Waals surface area contributed by atoms with Gasteiger partial charge < -0.3 is 15.4 Å². The fraction of sp³-hybridized carbons (Fsp3) is 0.533. The summed E-state index contributed by atoms with van der Waals surface area (Å²) in [6.07, 6.45) is 4.07. The number of rotatable bonds is 4. The third-order valence-corrected chi connectivity index (χ3v) is 4.10. The molecule has 118 valence electrons. The molecule has 0 saturated carbocycles. The second kappa shape index (κ2) is 6.21. The van der Waals surface area contributed by atoms with Crippen LogP contribution in [0.15, 0.2) is 18.5 Å². The van der Waals surface area contributed by atoms with Crippen LogP contribution >= 0.6 is 0 Å². The van der Waals surface area contributed by atoms with Gasteiger partial charge in [0.25, 0.3) is 0 Å². The monoisotopic (exact) mass is 303 g/mol. The van der Waals surface area contributed by atoms with E-state index in [4.69, 9.17) is 10.5 Å². The van der Waals surface area contributed by atoms with Crippen LogP contribution in [0.2, 0.25) is 0 Å². The molecule has 0 aliphatic carbocycles. The molecule has 0 radical (unpaired) electrons. The number of nitrogens with zero attached hydrogens (tertiary/aromatic N) is 4. The van der Waals surface area contributed by atoms with Crippen molar-refractivity contribution in [3.05, 3.63) is 24.2 Å². The van der Waals surface area contributed by atoms with Crippen molar-refractivity contribution in [3.8, 4) is 0 Å². The van der Waals surface area contributed by atoms with E-state index in [-0.39, 0.29) is 12.0 Å². The first-order valence-electron chi connectivity index (χ1n) is 7.70. The van der Waals surface area contributed by atoms with Crippen LogP contribution in [0.3, 0.4) is 0 Å². The number of unbranched alkanes of at least 4 members (excludes halogenated alkanes) is 1. The Morgan fingerprint density at radius 1 is 1.50 bits per heavy atom. The molecule has 1 aliphatic heterocycles. The van der Waals surface area contributed by atoms with Gasteiger partial charge in [-0.15, -0.1) is 0 Å². The maximum atomic E-state index is 12.0. The first-order chi connectivity index (χ1) is 10.7. The minimum atomic E-state index is -0.217. The maximum Gasteiger partial charge on any atom is 0.409 e. The molecule has 1 saturated heterocycles. The van der Waals surface area contributed by atoms with Gasteiger partial charge in [-0.25, -0.2) is 14.3 Å². The Morgan fingerprint density at radius 3 is 3.18 bits per heavy atom. The minimum absolute atomic E-state index is 0.217. The lowest BCUT2D eigenvalue weighted by molar-refractivity contribution is 0.109. The van der Waals surface area contributed by atoms with Gasteiger partial charge in [0.1, 0.15) is 11.8 Å². The number of carbonyl (C=O) groups is 1. The molecule has 7 heteroatoms. The van der Waals surface area contributed by atoms with E-state index < -0.39 is 0 Å². The number of carbonyl (C=O) groups excluding carboxylic acids is 1. The van der Waals surface area contributed by atoms with Crippen LogP contribution in [0.1, 0.15) is 37.8 Å². The van der Waals surface area contributed by atoms with Crippen LogP contribution in [0.4, 0.5) is 10.6 Å². The summed E-state index contributed by atoms with van der Waals surface area (Å²) in [4.78, 5) is 17.8. The van der Waals surface area contributed by atoms with Gasteiger partial charge in [-0.3, -0.25) is 0 Å². The number of nitrogens with two attached hydrogens (primary N) is 1. The van der Waals surface area contributed by atoms with Crippen LogP contribution in [0.5, 0.6) is 0 Å². The predicted molar refractivity (Wildman–Crippen MR) is 82.6 cm³/mol. The molecule has 2 aromatic heterocycles. The molecule has 3 rings (SSSR count). The first-order valence-corrected chi connectivity index (χ1v) is 7.70. The molecule has 22 heavy (non-hydrogen) atoms. The van der Waals surface area contributed by atoms with Gasteiger partial charge in [-0.1, -0.05) is 13.3 Å². The van der Waals surface area contributed by atoms with Crippen molar-refractivity contribution in [1.29, 1.82) is 0 Å². The average molecular weight is 303 g/mol. The summed E-state index contributed by atoms with van der Waals surface area (Å²) < 4.78 is 7.09. The number of likely N-dealkylation sites (tertiary alicyclic amines) is 1. The van der Waals surface area contributed by atoms with Crippen LogP contribution in [0, 0.1) is 0 Å². The highest BCUT2D eigenvalue weighted by Gasteiger charge is 2.30. The van der Waals surface area contributed by atoms with Gasteiger partial charge in [0.05, 0.1) is 6.61 Å². The molecular formula is C15H21N5O2. The van der Waals surface area contributed by atoms with E-state index in [9.17, 15) is 4.79 Å². The number of nitrogen functional groups attached to an aromatic ring is 1. The first kappa shape index (κ1) is 14.6. The summed E-state index contributed by atoms with van der Waals surface area (Å²) in [5.74, 6) is 0.714. The number of aromatic nitrogens is 3. The highest BCUT2D eigenvalue weighted by Crippen LogP contribution is 2.29. The standard InChI is InChI=1S/C15H21N5O2/c1-2-3-8-22-15(21)19-7-6-11(9-19)12-4-5-13-14(16)17-10-18-20(12)13/h4-5,10-11H,2-3,6-9H2,1H3,(H2,16,17,18). The Bertz CT molecular complexity index is 669. The minimum Gasteiger partial charge on any atom is -0.449 e. The molecule has 1 aliphatic rings. The molecule has 3 heterocycles. The van der Waals surface area contributed by atoms with Crippen molar-refractivity contribution in [2.24, 2.45) is 0 Å². The van der Waals surface area contributed by atoms with Gasteiger partial charge in [-0.2, -0.15) is 5.10 Å². The molecule has 0 aromatic carbocycles. The van der Waals surface area contributed by atoms with E-state index in [1.807, 2.05) is 16.6 Å². The van der Waals surface area contributed by atoms with Gasteiger partial charge in [0, 0.05) is 24.7 Å². The van der Waals surface area contributed by atoms with Crippen molar-refractivity contribution in [2.75, 3.05) is 25.4 Å². The molecule has 0 spiro atoms. The largest absolute Gasteiger partial charge is 0.449 e. The third-order valence-electron chi connectivity index (χ3n) is 4.10. The number of anilines is 1. The van der Waals surface area contributed by atoms with Crippen molar-refractivity contribution in [1.82, 2.24) is 19.5 Å². The van der Waals surface area contributed by atoms with Crippen LogP contribution in [-0.4, -0.2) is 45.3 Å². The molecule has 2 N–H and O–H groups in total. The molecule has 7 nitrogen and oxygen atoms in total. The predicted octanol–water partition coefficient (Wildman–Crippen LogP) is 2.04. The van der Waals surface area contributed by atoms with Crippen molar-refractivity contribution >= 4 is 17.4 Å². The Kier molecular flexibility index (Phi) is 4.13. The van der Waals surface area contributed by atoms with E-state index in [0.29, 0.717) is 25.5 Å². The van der Waals surface area contributed by atoms with Gasteiger partial charge >= 0.3 is 6.09 Å². The van der Waals surface area contributed by atoms with Crippen LogP contribution < -0.4 is 5.73 Å². The smallest absolute Gasteiger partial charge is 0.409 e. The topological polar surface area (TPSA) is 85.8 Å². The molecule has 1 unspecified atom stereocenters. The van der Waals surface area contributed by atoms with Gasteiger partial charge in [0.2, 0.25) is 0 Å². The summed E-state index contributed by atoms with van der Waals surface area (Å²) in [6, 6.07) is 3.93. The van der Waals surface area contributed by atoms with E-state index in [2.05, 4.69) is 17.0 Å². The quantitative estimate of drug-likeness (QED) is 0.873. The highest BCUT2D eigenvalue weighted by atomic mass is 16.6. The average Bonchev–Trinajstić information content (AvgIpc) is 3.14. The van der Waals surface area contributed by atoms with E-state index in [0.717, 1.165) is 30.5 Å². The lowest BCUT2D eigenvalue weighted by Gasteiger charge is -2.16. The number of hydrogen-bond acceptors (Lipinski definition) is 5. The fourth-order valence-corrected chi connectivity index (χ4v) is 2.84. The summed E-state index contributed by atoms with van der Waals surface area (Å²) in [6.45, 7) is 3.93. The maximum absolute atomic E-state index is 12.0. The Balaban J connectivity index is 1.69. The summed E-state index contributed by atoms with van der Waals surface area (Å²) in [5, 5.41) is 4.27. The number of amides is 1. The van der Waals surface area contributed by atoms with Crippen molar-refractivity contribution < 1.29 is 9.53 Å². The van der Waals surface area contributed by atoms with Gasteiger partial charge in [-0.05, 0) is 25.0 Å². The van der Waals surface area contributed by atoms with Crippen molar-refractivity contribution in [3.63, 3.8) is 0 Å². The molecule has 1 amide bonds. The number of ether oxygens (including phenoxy) is 1. The van der Waals surface area contributed by atoms with E-state index in [1.54, 1.807) is 4.90 Å². The third kappa shape index (κ3) is 2.70. The Morgan fingerprint density at radius 2 is 2.36 bits per heavy atom. The number of hydrogen-bond donors (Lipinski definition) is 1. The fourth-order valence-electron chi connectivity index (χ4n) is 2.84. The lowest BCUT2D eigenvalue weighted by atomic mass is 10.1. The molecule has 2 aromatic rings. The Labute approximate surface area is 129 Å². The molecule has 1 fully saturated rings. The second-order valence-electron chi connectivity index (χ2n) is 5.60. The van der Waals surface area contributed by atoms with Gasteiger partial charge in [0.15, 0.2) is 5.82 Å². The number of fused-ring (bicyclic) bond motifs is 1. The zero-order valence-corrected chi connectivity index (χ0v) is 12.7. The van der Waals surface area contributed by atoms with E-state index in [1.165, 1.54) is 6.33 Å². The molecular weight excluding hydrogens is 282 g/mol. The normalized spacial score (nSPS) is 18.0. The van der Waals surface area contributed by atoms with Crippen LogP contribution in [-0.2, 0) is 4.74 Å². The van der Waals surface area contributed by atoms with Crippen molar-refractivity contribution in [2.45, 2.75) is 32.1 Å². The zero-order chi connectivity index (χ0) is 15.5. The SMILES string of the molecule is CCCCOC(=O)N1CCC(c2ccc3c(N)ncnn23)C1. The van der Waals surface area contributed by atoms with Crippen LogP contribution in [0.25, 0.3) is 5.52 Å². The lowest BCUT2D eigenvalue weighted by Crippen LogP contribution is -2.29.